The monoisotopic (exact) mass is 282 g/mol. The third-order valence-electron chi connectivity index (χ3n) is 3.27. The van der Waals surface area contributed by atoms with E-state index in [1.165, 1.54) is 38.2 Å². The summed E-state index contributed by atoms with van der Waals surface area (Å²) in [5.41, 5.74) is 1.22. The van der Waals surface area contributed by atoms with Crippen LogP contribution in [0.2, 0.25) is 0 Å². The molecule has 1 aromatic carbocycles. The zero-order valence-corrected chi connectivity index (χ0v) is 11.3. The van der Waals surface area contributed by atoms with E-state index in [1.807, 2.05) is 0 Å². The summed E-state index contributed by atoms with van der Waals surface area (Å²) >= 11 is 3.58. The first-order valence-electron chi connectivity index (χ1n) is 6.03. The fourth-order valence-corrected chi connectivity index (χ4v) is 2.59. The highest BCUT2D eigenvalue weighted by Crippen LogP contribution is 2.24. The molecule has 1 aliphatic heterocycles. The molecule has 1 fully saturated rings. The van der Waals surface area contributed by atoms with Gasteiger partial charge in [0.25, 0.3) is 0 Å². The summed E-state index contributed by atoms with van der Waals surface area (Å²) in [5.74, 6) is 0. The molecular weight excluding hydrogens is 264 g/mol. The van der Waals surface area contributed by atoms with Crippen molar-refractivity contribution < 1.29 is 0 Å². The Balaban J connectivity index is 1.89. The fourth-order valence-electron chi connectivity index (χ4n) is 2.19. The van der Waals surface area contributed by atoms with E-state index in [9.17, 15) is 0 Å². The summed E-state index contributed by atoms with van der Waals surface area (Å²) in [6.07, 6.45) is 2.49. The minimum Gasteiger partial charge on any atom is -0.381 e. The van der Waals surface area contributed by atoms with Crippen LogP contribution in [0.5, 0.6) is 0 Å². The number of para-hydroxylation sites is 1. The van der Waals surface area contributed by atoms with Gasteiger partial charge in [-0.3, -0.25) is 0 Å². The molecule has 1 aromatic rings. The predicted octanol–water partition coefficient (Wildman–Crippen LogP) is 3.35. The molecule has 1 aliphatic rings. The highest BCUT2D eigenvalue weighted by molar-refractivity contribution is 9.10. The van der Waals surface area contributed by atoms with Gasteiger partial charge < -0.3 is 10.2 Å². The van der Waals surface area contributed by atoms with Crippen molar-refractivity contribution in [1.82, 2.24) is 4.90 Å². The van der Waals surface area contributed by atoms with Gasteiger partial charge in [-0.1, -0.05) is 19.1 Å². The molecule has 2 rings (SSSR count). The highest BCUT2D eigenvalue weighted by Gasteiger charge is 2.17. The van der Waals surface area contributed by atoms with E-state index < -0.39 is 0 Å². The number of rotatable bonds is 3. The molecule has 1 saturated heterocycles. The summed E-state index contributed by atoms with van der Waals surface area (Å²) in [5, 5.41) is 3.62. The molecule has 16 heavy (non-hydrogen) atoms. The predicted molar refractivity (Wildman–Crippen MR) is 72.9 cm³/mol. The Morgan fingerprint density at radius 2 is 2.00 bits per heavy atom. The lowest BCUT2D eigenvalue weighted by Crippen LogP contribution is -2.38. The molecule has 0 amide bonds. The molecule has 0 aromatic heterocycles. The minimum atomic E-state index is 0.626. The maximum absolute atomic E-state index is 3.62. The molecule has 3 heteroatoms. The maximum atomic E-state index is 3.62. The van der Waals surface area contributed by atoms with Gasteiger partial charge in [0.05, 0.1) is 0 Å². The number of benzene rings is 1. The van der Waals surface area contributed by atoms with Crippen molar-refractivity contribution in [3.8, 4) is 0 Å². The van der Waals surface area contributed by atoms with E-state index in [1.54, 1.807) is 0 Å². The van der Waals surface area contributed by atoms with Crippen molar-refractivity contribution in [2.45, 2.75) is 25.8 Å². The molecule has 0 saturated carbocycles. The van der Waals surface area contributed by atoms with Gasteiger partial charge in [-0.05, 0) is 47.4 Å². The Morgan fingerprint density at radius 1 is 1.31 bits per heavy atom. The SMILES string of the molecule is CCN1CCC(Nc2ccccc2Br)CC1. The second kappa shape index (κ2) is 5.69. The van der Waals surface area contributed by atoms with Gasteiger partial charge in [-0.25, -0.2) is 0 Å². The van der Waals surface area contributed by atoms with Crippen molar-refractivity contribution >= 4 is 21.6 Å². The Hall–Kier alpha value is -0.540. The van der Waals surface area contributed by atoms with E-state index in [2.05, 4.69) is 57.3 Å². The minimum absolute atomic E-state index is 0.626. The van der Waals surface area contributed by atoms with Crippen LogP contribution in [0, 0.1) is 0 Å². The van der Waals surface area contributed by atoms with Crippen LogP contribution in [-0.4, -0.2) is 30.6 Å². The maximum Gasteiger partial charge on any atom is 0.0486 e. The van der Waals surface area contributed by atoms with Gasteiger partial charge in [-0.2, -0.15) is 0 Å². The van der Waals surface area contributed by atoms with Crippen LogP contribution in [0.15, 0.2) is 28.7 Å². The standard InChI is InChI=1S/C13H19BrN2/c1-2-16-9-7-11(8-10-16)15-13-6-4-3-5-12(13)14/h3-6,11,15H,2,7-10H2,1H3. The van der Waals surface area contributed by atoms with E-state index in [-0.39, 0.29) is 0 Å². The number of likely N-dealkylation sites (tertiary alicyclic amines) is 1. The number of hydrogen-bond donors (Lipinski definition) is 1. The average Bonchev–Trinajstić information content (AvgIpc) is 2.33. The van der Waals surface area contributed by atoms with Crippen molar-refractivity contribution in [1.29, 1.82) is 0 Å². The lowest BCUT2D eigenvalue weighted by Gasteiger charge is -2.32. The third-order valence-corrected chi connectivity index (χ3v) is 3.96. The third kappa shape index (κ3) is 2.98. The Morgan fingerprint density at radius 3 is 2.62 bits per heavy atom. The molecule has 1 heterocycles. The summed E-state index contributed by atoms with van der Waals surface area (Å²) in [4.78, 5) is 2.51. The quantitative estimate of drug-likeness (QED) is 0.915. The van der Waals surface area contributed by atoms with E-state index in [4.69, 9.17) is 0 Å². The number of halogens is 1. The Labute approximate surface area is 106 Å². The molecule has 0 spiro atoms. The first-order valence-corrected chi connectivity index (χ1v) is 6.82. The van der Waals surface area contributed by atoms with Crippen molar-refractivity contribution in [2.24, 2.45) is 0 Å². The first kappa shape index (κ1) is 11.9. The number of nitrogens with one attached hydrogen (secondary N) is 1. The zero-order chi connectivity index (χ0) is 11.4. The number of nitrogens with zero attached hydrogens (tertiary/aromatic N) is 1. The molecule has 0 unspecified atom stereocenters. The topological polar surface area (TPSA) is 15.3 Å². The van der Waals surface area contributed by atoms with Crippen LogP contribution in [0.1, 0.15) is 19.8 Å². The van der Waals surface area contributed by atoms with Crippen molar-refractivity contribution in [2.75, 3.05) is 25.0 Å². The van der Waals surface area contributed by atoms with E-state index in [0.717, 1.165) is 4.47 Å². The van der Waals surface area contributed by atoms with E-state index in [0.29, 0.717) is 6.04 Å². The van der Waals surface area contributed by atoms with Gasteiger partial charge in [0, 0.05) is 29.3 Å². The normalized spacial score (nSPS) is 18.6. The number of anilines is 1. The lowest BCUT2D eigenvalue weighted by molar-refractivity contribution is 0.229. The van der Waals surface area contributed by atoms with Crippen LogP contribution in [0.25, 0.3) is 0 Å². The largest absolute Gasteiger partial charge is 0.381 e. The summed E-state index contributed by atoms with van der Waals surface area (Å²) < 4.78 is 1.16. The van der Waals surface area contributed by atoms with Crippen LogP contribution in [0.4, 0.5) is 5.69 Å². The van der Waals surface area contributed by atoms with Crippen molar-refractivity contribution in [3.63, 3.8) is 0 Å². The van der Waals surface area contributed by atoms with Crippen LogP contribution in [0.3, 0.4) is 0 Å². The first-order chi connectivity index (χ1) is 7.79. The molecule has 88 valence electrons. The number of hydrogen-bond acceptors (Lipinski definition) is 2. The van der Waals surface area contributed by atoms with Gasteiger partial charge in [-0.15, -0.1) is 0 Å². The fraction of sp³-hybridized carbons (Fsp3) is 0.538. The summed E-state index contributed by atoms with van der Waals surface area (Å²) in [6.45, 7) is 5.86. The molecule has 0 aliphatic carbocycles. The van der Waals surface area contributed by atoms with Gasteiger partial charge >= 0.3 is 0 Å². The van der Waals surface area contributed by atoms with Crippen LogP contribution < -0.4 is 5.32 Å². The van der Waals surface area contributed by atoms with Crippen LogP contribution >= 0.6 is 15.9 Å². The highest BCUT2D eigenvalue weighted by atomic mass is 79.9. The van der Waals surface area contributed by atoms with Gasteiger partial charge in [0.2, 0.25) is 0 Å². The molecule has 0 radical (unpaired) electrons. The zero-order valence-electron chi connectivity index (χ0n) is 9.75. The van der Waals surface area contributed by atoms with Crippen LogP contribution in [-0.2, 0) is 0 Å². The second-order valence-corrected chi connectivity index (χ2v) is 5.19. The van der Waals surface area contributed by atoms with E-state index >= 15 is 0 Å². The molecular formula is C13H19BrN2. The molecule has 0 atom stereocenters. The second-order valence-electron chi connectivity index (χ2n) is 4.33. The Bertz CT molecular complexity index is 332. The Kier molecular flexibility index (Phi) is 4.24. The lowest BCUT2D eigenvalue weighted by atomic mass is 10.0. The summed E-state index contributed by atoms with van der Waals surface area (Å²) in [7, 11) is 0. The summed E-state index contributed by atoms with van der Waals surface area (Å²) in [6, 6.07) is 8.98. The molecule has 2 nitrogen and oxygen atoms in total. The average molecular weight is 283 g/mol. The number of piperidine rings is 1. The van der Waals surface area contributed by atoms with Gasteiger partial charge in [0.1, 0.15) is 0 Å². The smallest absolute Gasteiger partial charge is 0.0486 e. The molecule has 0 bridgehead atoms. The molecule has 1 N–H and O–H groups in total. The van der Waals surface area contributed by atoms with Crippen molar-refractivity contribution in [3.05, 3.63) is 28.7 Å². The van der Waals surface area contributed by atoms with Gasteiger partial charge in [0.15, 0.2) is 0 Å².